The second-order valence-corrected chi connectivity index (χ2v) is 9.49. The van der Waals surface area contributed by atoms with Crippen LogP contribution in [-0.4, -0.2) is 55.1 Å². The van der Waals surface area contributed by atoms with Gasteiger partial charge < -0.3 is 9.80 Å². The van der Waals surface area contributed by atoms with E-state index in [2.05, 4.69) is 23.6 Å². The molecule has 0 bridgehead atoms. The van der Waals surface area contributed by atoms with Gasteiger partial charge in [0.15, 0.2) is 9.84 Å². The molecular formula is C18H30N4O2S. The van der Waals surface area contributed by atoms with Crippen molar-refractivity contribution >= 4 is 21.6 Å². The summed E-state index contributed by atoms with van der Waals surface area (Å²) >= 11 is 0. The largest absolute Gasteiger partial charge is 0.353 e. The fraction of sp³-hybridized carbons (Fsp3) is 0.778. The maximum Gasteiger partial charge on any atom is 0.227 e. The standard InChI is InChI=1S/C18H30N4O2S/c1-4-15-8-6-7-10-22(15)18-19-14(3)12-17(20-18)21(5-2)16-9-11-25(23,24)13-16/h12,15-16H,4-11,13H2,1-3H3. The first-order valence-electron chi connectivity index (χ1n) is 9.53. The molecule has 2 atom stereocenters. The lowest BCUT2D eigenvalue weighted by molar-refractivity contribution is 0.442. The molecule has 1 aromatic heterocycles. The van der Waals surface area contributed by atoms with Gasteiger partial charge in [-0.05, 0) is 46.0 Å². The zero-order valence-electron chi connectivity index (χ0n) is 15.6. The summed E-state index contributed by atoms with van der Waals surface area (Å²) < 4.78 is 23.8. The van der Waals surface area contributed by atoms with Crippen LogP contribution >= 0.6 is 0 Å². The minimum absolute atomic E-state index is 0.0282. The van der Waals surface area contributed by atoms with E-state index in [1.165, 1.54) is 19.3 Å². The Morgan fingerprint density at radius 1 is 1.24 bits per heavy atom. The molecule has 2 unspecified atom stereocenters. The third-order valence-electron chi connectivity index (χ3n) is 5.47. The van der Waals surface area contributed by atoms with E-state index < -0.39 is 9.84 Å². The molecule has 2 aliphatic heterocycles. The number of anilines is 2. The summed E-state index contributed by atoms with van der Waals surface area (Å²) in [7, 11) is -2.91. The van der Waals surface area contributed by atoms with Crippen molar-refractivity contribution in [1.82, 2.24) is 9.97 Å². The highest BCUT2D eigenvalue weighted by Crippen LogP contribution is 2.28. The van der Waals surface area contributed by atoms with Gasteiger partial charge in [0.2, 0.25) is 5.95 Å². The van der Waals surface area contributed by atoms with E-state index in [1.54, 1.807) is 0 Å². The maximum atomic E-state index is 11.9. The Kier molecular flexibility index (Phi) is 5.51. The molecule has 2 fully saturated rings. The molecule has 3 rings (SSSR count). The first-order chi connectivity index (χ1) is 11.9. The Hall–Kier alpha value is -1.37. The SMILES string of the molecule is CCC1CCCCN1c1nc(C)cc(N(CC)C2CCS(=O)(=O)C2)n1. The van der Waals surface area contributed by atoms with Gasteiger partial charge in [-0.3, -0.25) is 0 Å². The van der Waals surface area contributed by atoms with Gasteiger partial charge in [-0.25, -0.2) is 13.4 Å². The Bertz CT molecular complexity index is 707. The van der Waals surface area contributed by atoms with Gasteiger partial charge >= 0.3 is 0 Å². The first kappa shape index (κ1) is 18.4. The highest BCUT2D eigenvalue weighted by atomic mass is 32.2. The molecule has 0 saturated carbocycles. The Labute approximate surface area is 151 Å². The van der Waals surface area contributed by atoms with Crippen LogP contribution in [0.5, 0.6) is 0 Å². The lowest BCUT2D eigenvalue weighted by atomic mass is 10.0. The number of rotatable bonds is 5. The first-order valence-corrected chi connectivity index (χ1v) is 11.3. The second kappa shape index (κ2) is 7.48. The number of nitrogens with zero attached hydrogens (tertiary/aromatic N) is 4. The molecule has 1 aromatic rings. The molecule has 0 aliphatic carbocycles. The summed E-state index contributed by atoms with van der Waals surface area (Å²) in [6.07, 6.45) is 5.44. The molecule has 0 amide bonds. The molecule has 2 saturated heterocycles. The molecule has 6 nitrogen and oxygen atoms in total. The molecule has 2 aliphatic rings. The van der Waals surface area contributed by atoms with Crippen molar-refractivity contribution in [1.29, 1.82) is 0 Å². The van der Waals surface area contributed by atoms with Crippen LogP contribution in [0, 0.1) is 6.92 Å². The molecule has 0 aromatic carbocycles. The average Bonchev–Trinajstić information content (AvgIpc) is 2.94. The normalized spacial score (nSPS) is 26.0. The van der Waals surface area contributed by atoms with E-state index in [0.717, 1.165) is 37.0 Å². The number of piperidine rings is 1. The molecule has 0 radical (unpaired) electrons. The van der Waals surface area contributed by atoms with Crippen LogP contribution in [0.1, 0.15) is 51.6 Å². The van der Waals surface area contributed by atoms with Crippen LogP contribution < -0.4 is 9.80 Å². The van der Waals surface area contributed by atoms with Crippen molar-refractivity contribution in [3.05, 3.63) is 11.8 Å². The Morgan fingerprint density at radius 2 is 2.04 bits per heavy atom. The Morgan fingerprint density at radius 3 is 2.68 bits per heavy atom. The zero-order valence-corrected chi connectivity index (χ0v) is 16.4. The minimum atomic E-state index is -2.91. The van der Waals surface area contributed by atoms with Gasteiger partial charge in [0.1, 0.15) is 5.82 Å². The summed E-state index contributed by atoms with van der Waals surface area (Å²) in [5.74, 6) is 2.20. The van der Waals surface area contributed by atoms with Crippen molar-refractivity contribution < 1.29 is 8.42 Å². The van der Waals surface area contributed by atoms with Crippen LogP contribution in [0.4, 0.5) is 11.8 Å². The molecular weight excluding hydrogens is 336 g/mol. The van der Waals surface area contributed by atoms with Gasteiger partial charge in [0.05, 0.1) is 11.5 Å². The van der Waals surface area contributed by atoms with Crippen LogP contribution in [0.2, 0.25) is 0 Å². The van der Waals surface area contributed by atoms with Crippen molar-refractivity contribution in [2.24, 2.45) is 0 Å². The summed E-state index contributed by atoms with van der Waals surface area (Å²) in [6, 6.07) is 2.52. The fourth-order valence-corrected chi connectivity index (χ4v) is 5.86. The van der Waals surface area contributed by atoms with Gasteiger partial charge in [-0.1, -0.05) is 6.92 Å². The number of aromatic nitrogens is 2. The van der Waals surface area contributed by atoms with Gasteiger partial charge in [0.25, 0.3) is 0 Å². The second-order valence-electron chi connectivity index (χ2n) is 7.26. The smallest absolute Gasteiger partial charge is 0.227 e. The quantitative estimate of drug-likeness (QED) is 0.798. The topological polar surface area (TPSA) is 66.4 Å². The van der Waals surface area contributed by atoms with E-state index in [-0.39, 0.29) is 17.5 Å². The predicted molar refractivity (Wildman–Crippen MR) is 102 cm³/mol. The van der Waals surface area contributed by atoms with E-state index in [0.29, 0.717) is 12.5 Å². The lowest BCUT2D eigenvalue weighted by Crippen LogP contribution is -2.41. The van der Waals surface area contributed by atoms with Crippen LogP contribution in [0.3, 0.4) is 0 Å². The van der Waals surface area contributed by atoms with Crippen molar-refractivity contribution in [3.8, 4) is 0 Å². The molecule has 0 N–H and O–H groups in total. The van der Waals surface area contributed by atoms with Crippen LogP contribution in [0.25, 0.3) is 0 Å². The molecule has 3 heterocycles. The highest BCUT2D eigenvalue weighted by Gasteiger charge is 2.33. The van der Waals surface area contributed by atoms with Crippen molar-refractivity contribution in [3.63, 3.8) is 0 Å². The maximum absolute atomic E-state index is 11.9. The van der Waals surface area contributed by atoms with E-state index in [4.69, 9.17) is 9.97 Å². The van der Waals surface area contributed by atoms with Gasteiger partial charge in [0, 0.05) is 36.9 Å². The molecule has 7 heteroatoms. The summed E-state index contributed by atoms with van der Waals surface area (Å²) in [5.41, 5.74) is 0.944. The minimum Gasteiger partial charge on any atom is -0.353 e. The monoisotopic (exact) mass is 366 g/mol. The van der Waals surface area contributed by atoms with Gasteiger partial charge in [-0.2, -0.15) is 4.98 Å². The van der Waals surface area contributed by atoms with E-state index in [9.17, 15) is 8.42 Å². The number of hydrogen-bond donors (Lipinski definition) is 0. The van der Waals surface area contributed by atoms with Crippen molar-refractivity contribution in [2.45, 2.75) is 65.0 Å². The number of aryl methyl sites for hydroxylation is 1. The van der Waals surface area contributed by atoms with Crippen molar-refractivity contribution in [2.75, 3.05) is 34.4 Å². The Balaban J connectivity index is 1.90. The zero-order chi connectivity index (χ0) is 18.0. The fourth-order valence-electron chi connectivity index (χ4n) is 4.13. The van der Waals surface area contributed by atoms with Crippen LogP contribution in [0.15, 0.2) is 6.07 Å². The molecule has 140 valence electrons. The number of hydrogen-bond acceptors (Lipinski definition) is 6. The van der Waals surface area contributed by atoms with Gasteiger partial charge in [-0.15, -0.1) is 0 Å². The summed E-state index contributed by atoms with van der Waals surface area (Å²) in [6.45, 7) is 8.05. The summed E-state index contributed by atoms with van der Waals surface area (Å²) in [5, 5.41) is 0. The molecule has 25 heavy (non-hydrogen) atoms. The molecule has 0 spiro atoms. The third kappa shape index (κ3) is 4.07. The van der Waals surface area contributed by atoms with Crippen LogP contribution in [-0.2, 0) is 9.84 Å². The third-order valence-corrected chi connectivity index (χ3v) is 7.22. The van der Waals surface area contributed by atoms with E-state index in [1.807, 2.05) is 13.0 Å². The predicted octanol–water partition coefficient (Wildman–Crippen LogP) is 2.57. The lowest BCUT2D eigenvalue weighted by Gasteiger charge is -2.36. The number of sulfone groups is 1. The average molecular weight is 367 g/mol. The highest BCUT2D eigenvalue weighted by molar-refractivity contribution is 7.91. The van der Waals surface area contributed by atoms with E-state index >= 15 is 0 Å². The summed E-state index contributed by atoms with van der Waals surface area (Å²) in [4.78, 5) is 14.1.